The van der Waals surface area contributed by atoms with Crippen LogP contribution in [0.1, 0.15) is 55.4 Å². The second-order valence-corrected chi connectivity index (χ2v) is 11.4. The van der Waals surface area contributed by atoms with Crippen LogP contribution in [0, 0.1) is 0 Å². The fourth-order valence-electron chi connectivity index (χ4n) is 4.94. The summed E-state index contributed by atoms with van der Waals surface area (Å²) in [6, 6.07) is 17.0. The van der Waals surface area contributed by atoms with Crippen LogP contribution in [-0.2, 0) is 19.0 Å². The number of para-hydroxylation sites is 1. The third kappa shape index (κ3) is 6.84. The monoisotopic (exact) mass is 630 g/mol. The summed E-state index contributed by atoms with van der Waals surface area (Å²) in [5, 5.41) is 0. The van der Waals surface area contributed by atoms with Crippen LogP contribution in [0.3, 0.4) is 0 Å². The molecule has 0 saturated heterocycles. The van der Waals surface area contributed by atoms with Gasteiger partial charge in [0.05, 0.1) is 40.7 Å². The summed E-state index contributed by atoms with van der Waals surface area (Å²) in [5.74, 6) is 0.599. The molecular weight excluding hydrogens is 596 g/mol. The zero-order chi connectivity index (χ0) is 32.1. The summed E-state index contributed by atoms with van der Waals surface area (Å²) in [6.45, 7) is 7.90. The van der Waals surface area contributed by atoms with Crippen LogP contribution >= 0.6 is 11.3 Å². The number of ether oxygens (including phenoxy) is 4. The van der Waals surface area contributed by atoms with Crippen molar-refractivity contribution in [2.24, 2.45) is 4.99 Å². The van der Waals surface area contributed by atoms with E-state index in [-0.39, 0.29) is 30.5 Å². The molecule has 0 aliphatic carbocycles. The molecule has 0 N–H and O–H groups in total. The number of methoxy groups -OCH3 is 1. The van der Waals surface area contributed by atoms with Crippen molar-refractivity contribution >= 4 is 29.4 Å². The van der Waals surface area contributed by atoms with Gasteiger partial charge in [-0.1, -0.05) is 41.7 Å². The van der Waals surface area contributed by atoms with Crippen LogP contribution in [0.5, 0.6) is 5.75 Å². The zero-order valence-electron chi connectivity index (χ0n) is 25.7. The quantitative estimate of drug-likeness (QED) is 0.174. The van der Waals surface area contributed by atoms with Gasteiger partial charge in [-0.2, -0.15) is 0 Å². The Kier molecular flexibility index (Phi) is 9.80. The van der Waals surface area contributed by atoms with Crippen LogP contribution in [-0.4, -0.2) is 49.5 Å². The summed E-state index contributed by atoms with van der Waals surface area (Å²) >= 11 is 1.20. The Hall–Kier alpha value is -4.74. The molecule has 0 spiro atoms. The highest BCUT2D eigenvalue weighted by Gasteiger charge is 2.35. The Morgan fingerprint density at radius 2 is 1.78 bits per heavy atom. The Bertz CT molecular complexity index is 1910. The maximum Gasteiger partial charge on any atom is 0.338 e. The predicted molar refractivity (Wildman–Crippen MR) is 169 cm³/mol. The van der Waals surface area contributed by atoms with Crippen molar-refractivity contribution < 1.29 is 33.0 Å². The molecule has 2 aromatic carbocycles. The van der Waals surface area contributed by atoms with Gasteiger partial charge in [-0.15, -0.1) is 0 Å². The van der Waals surface area contributed by atoms with E-state index in [0.29, 0.717) is 50.0 Å². The van der Waals surface area contributed by atoms with E-state index in [9.17, 15) is 14.4 Å². The number of allylic oxidation sites excluding steroid dienone is 1. The summed E-state index contributed by atoms with van der Waals surface area (Å²) in [4.78, 5) is 44.6. The van der Waals surface area contributed by atoms with Crippen LogP contribution < -0.4 is 19.6 Å². The van der Waals surface area contributed by atoms with Gasteiger partial charge in [0, 0.05) is 24.3 Å². The number of furan rings is 1. The number of aromatic nitrogens is 1. The van der Waals surface area contributed by atoms with E-state index in [1.807, 2.05) is 38.1 Å². The average molecular weight is 631 g/mol. The number of hydrogen-bond donors (Lipinski definition) is 0. The maximum absolute atomic E-state index is 14.1. The second-order valence-electron chi connectivity index (χ2n) is 10.4. The van der Waals surface area contributed by atoms with Gasteiger partial charge in [-0.3, -0.25) is 9.36 Å². The lowest BCUT2D eigenvalue weighted by Gasteiger charge is -2.27. The molecule has 0 saturated carbocycles. The molecule has 0 bridgehead atoms. The second kappa shape index (κ2) is 13.9. The number of rotatable bonds is 11. The zero-order valence-corrected chi connectivity index (χ0v) is 26.5. The SMILES string of the molecule is CCOC(=O)c1ccc(-c2ccc(/C=c3/sc4n(c3=O)[C@H](c3ccccc3OC(C)C)C(C(=O)OCCOC)=C(C)N=4)o2)cc1. The Labute approximate surface area is 263 Å². The number of benzene rings is 2. The summed E-state index contributed by atoms with van der Waals surface area (Å²) in [5.41, 5.74) is 2.20. The normalized spacial score (nSPS) is 14.7. The lowest BCUT2D eigenvalue weighted by Crippen LogP contribution is -2.40. The maximum atomic E-state index is 14.1. The number of carbonyl (C=O) groups excluding carboxylic acids is 2. The van der Waals surface area contributed by atoms with Crippen molar-refractivity contribution in [1.82, 2.24) is 4.57 Å². The first-order valence-electron chi connectivity index (χ1n) is 14.5. The number of hydrogen-bond acceptors (Lipinski definition) is 10. The van der Waals surface area contributed by atoms with E-state index in [2.05, 4.69) is 4.99 Å². The first-order chi connectivity index (χ1) is 21.7. The van der Waals surface area contributed by atoms with E-state index in [4.69, 9.17) is 23.4 Å². The van der Waals surface area contributed by atoms with Gasteiger partial charge in [-0.05, 0) is 58.0 Å². The Morgan fingerprint density at radius 1 is 1.02 bits per heavy atom. The topological polar surface area (TPSA) is 119 Å². The van der Waals surface area contributed by atoms with Crippen molar-refractivity contribution in [1.29, 1.82) is 0 Å². The van der Waals surface area contributed by atoms with Crippen molar-refractivity contribution in [3.05, 3.63) is 109 Å². The molecule has 45 heavy (non-hydrogen) atoms. The number of nitrogens with zero attached hydrogens (tertiary/aromatic N) is 2. The van der Waals surface area contributed by atoms with E-state index >= 15 is 0 Å². The number of esters is 2. The van der Waals surface area contributed by atoms with E-state index < -0.39 is 18.0 Å². The minimum Gasteiger partial charge on any atom is -0.491 e. The first-order valence-corrected chi connectivity index (χ1v) is 15.3. The molecular formula is C34H34N2O8S. The van der Waals surface area contributed by atoms with Crippen LogP contribution in [0.25, 0.3) is 17.4 Å². The van der Waals surface area contributed by atoms with Crippen molar-refractivity contribution in [3.8, 4) is 17.1 Å². The average Bonchev–Trinajstić information content (AvgIpc) is 3.61. The smallest absolute Gasteiger partial charge is 0.338 e. The summed E-state index contributed by atoms with van der Waals surface area (Å²) in [6.07, 6.45) is 1.52. The molecule has 234 valence electrons. The van der Waals surface area contributed by atoms with Gasteiger partial charge in [0.1, 0.15) is 29.9 Å². The van der Waals surface area contributed by atoms with Crippen LogP contribution in [0.15, 0.2) is 86.1 Å². The fraction of sp³-hybridized carbons (Fsp3) is 0.294. The van der Waals surface area contributed by atoms with Crippen molar-refractivity contribution in [2.45, 2.75) is 39.8 Å². The van der Waals surface area contributed by atoms with Crippen molar-refractivity contribution in [3.63, 3.8) is 0 Å². The highest BCUT2D eigenvalue weighted by Crippen LogP contribution is 2.36. The molecule has 10 nitrogen and oxygen atoms in total. The van der Waals surface area contributed by atoms with Gasteiger partial charge < -0.3 is 23.4 Å². The molecule has 1 atom stereocenters. The van der Waals surface area contributed by atoms with Gasteiger partial charge in [-0.25, -0.2) is 14.6 Å². The minimum atomic E-state index is -0.835. The van der Waals surface area contributed by atoms with Gasteiger partial charge in [0.25, 0.3) is 5.56 Å². The first kappa shape index (κ1) is 31.7. The molecule has 0 radical (unpaired) electrons. The standard InChI is InChI=1S/C34H34N2O8S/c1-6-41-32(38)23-13-11-22(12-14-23)26-16-15-24(44-26)19-28-31(37)36-30(25-9-7-8-10-27(25)43-20(2)3)29(21(4)35-34(36)45-28)33(39)42-18-17-40-5/h7-16,19-20,30H,6,17-18H2,1-5H3/b28-19+/t30-/m1/s1. The van der Waals surface area contributed by atoms with Gasteiger partial charge >= 0.3 is 11.9 Å². The third-order valence-corrected chi connectivity index (χ3v) is 7.90. The molecule has 3 heterocycles. The Morgan fingerprint density at radius 3 is 2.49 bits per heavy atom. The molecule has 1 aliphatic rings. The highest BCUT2D eigenvalue weighted by atomic mass is 32.1. The predicted octanol–water partition coefficient (Wildman–Crippen LogP) is 4.65. The molecule has 0 amide bonds. The fourth-order valence-corrected chi connectivity index (χ4v) is 5.97. The van der Waals surface area contributed by atoms with Crippen LogP contribution in [0.4, 0.5) is 0 Å². The molecule has 2 aromatic heterocycles. The van der Waals surface area contributed by atoms with Crippen molar-refractivity contribution in [2.75, 3.05) is 26.9 Å². The lowest BCUT2D eigenvalue weighted by atomic mass is 9.95. The molecule has 4 aromatic rings. The number of carbonyl (C=O) groups is 2. The van der Waals surface area contributed by atoms with Gasteiger partial charge in [0.2, 0.25) is 0 Å². The van der Waals surface area contributed by atoms with E-state index in [1.54, 1.807) is 56.3 Å². The minimum absolute atomic E-state index is 0.0553. The van der Waals surface area contributed by atoms with E-state index in [0.717, 1.165) is 5.56 Å². The molecule has 1 aliphatic heterocycles. The van der Waals surface area contributed by atoms with Gasteiger partial charge in [0.15, 0.2) is 4.80 Å². The Balaban J connectivity index is 1.56. The lowest BCUT2D eigenvalue weighted by molar-refractivity contribution is -0.140. The highest BCUT2D eigenvalue weighted by molar-refractivity contribution is 7.07. The summed E-state index contributed by atoms with van der Waals surface area (Å²) in [7, 11) is 1.52. The van der Waals surface area contributed by atoms with E-state index in [1.165, 1.54) is 23.0 Å². The molecule has 0 fully saturated rings. The number of thiazole rings is 1. The summed E-state index contributed by atoms with van der Waals surface area (Å²) < 4.78 is 29.7. The molecule has 11 heteroatoms. The molecule has 5 rings (SSSR count). The largest absolute Gasteiger partial charge is 0.491 e. The number of fused-ring (bicyclic) bond motifs is 1. The molecule has 0 unspecified atom stereocenters. The third-order valence-electron chi connectivity index (χ3n) is 6.92. The van der Waals surface area contributed by atoms with Crippen LogP contribution in [0.2, 0.25) is 0 Å².